The standard InChI is InChI=1S/C11H15N3O4/c1-5-8(6(2)14-9(5)11(17)18)10(16)13-4-7(15)12-3/h14H,4H2,1-3H3,(H,12,15)(H,13,16)(H,17,18). The number of carbonyl (C=O) groups excluding carboxylic acids is 2. The molecule has 0 spiro atoms. The van der Waals surface area contributed by atoms with Crippen molar-refractivity contribution < 1.29 is 19.5 Å². The van der Waals surface area contributed by atoms with E-state index in [1.165, 1.54) is 7.05 Å². The molecule has 1 heterocycles. The highest BCUT2D eigenvalue weighted by molar-refractivity contribution is 6.01. The summed E-state index contributed by atoms with van der Waals surface area (Å²) in [6.07, 6.45) is 0. The number of hydrogen-bond acceptors (Lipinski definition) is 3. The number of amides is 2. The average molecular weight is 253 g/mol. The van der Waals surface area contributed by atoms with Gasteiger partial charge >= 0.3 is 5.97 Å². The summed E-state index contributed by atoms with van der Waals surface area (Å²) in [7, 11) is 1.46. The van der Waals surface area contributed by atoms with E-state index < -0.39 is 11.9 Å². The molecular formula is C11H15N3O4. The van der Waals surface area contributed by atoms with Crippen molar-refractivity contribution >= 4 is 17.8 Å². The predicted octanol–water partition coefficient (Wildman–Crippen LogP) is -0.194. The Morgan fingerprint density at radius 1 is 1.28 bits per heavy atom. The third-order valence-electron chi connectivity index (χ3n) is 2.57. The monoisotopic (exact) mass is 253 g/mol. The van der Waals surface area contributed by atoms with Crippen molar-refractivity contribution in [1.29, 1.82) is 0 Å². The second kappa shape index (κ2) is 5.35. The lowest BCUT2D eigenvalue weighted by atomic mass is 10.1. The zero-order valence-corrected chi connectivity index (χ0v) is 10.4. The zero-order valence-electron chi connectivity index (χ0n) is 10.4. The first kappa shape index (κ1) is 13.8. The van der Waals surface area contributed by atoms with E-state index >= 15 is 0 Å². The lowest BCUT2D eigenvalue weighted by Gasteiger charge is -2.04. The van der Waals surface area contributed by atoms with Gasteiger partial charge in [0.1, 0.15) is 5.69 Å². The Balaban J connectivity index is 2.93. The minimum absolute atomic E-state index is 0.0161. The van der Waals surface area contributed by atoms with Gasteiger partial charge in [0.15, 0.2) is 0 Å². The molecule has 0 atom stereocenters. The van der Waals surface area contributed by atoms with E-state index in [0.29, 0.717) is 11.3 Å². The van der Waals surface area contributed by atoms with E-state index in [9.17, 15) is 14.4 Å². The van der Waals surface area contributed by atoms with Crippen molar-refractivity contribution in [3.8, 4) is 0 Å². The van der Waals surface area contributed by atoms with E-state index in [-0.39, 0.29) is 23.7 Å². The number of carboxylic acid groups (broad SMARTS) is 1. The summed E-state index contributed by atoms with van der Waals surface area (Å²) in [4.78, 5) is 36.4. The van der Waals surface area contributed by atoms with Crippen LogP contribution in [-0.2, 0) is 4.79 Å². The highest BCUT2D eigenvalue weighted by Gasteiger charge is 2.21. The van der Waals surface area contributed by atoms with Crippen LogP contribution < -0.4 is 10.6 Å². The lowest BCUT2D eigenvalue weighted by molar-refractivity contribution is -0.119. The molecule has 0 unspecified atom stereocenters. The molecule has 7 nitrogen and oxygen atoms in total. The van der Waals surface area contributed by atoms with Crippen LogP contribution in [0.2, 0.25) is 0 Å². The minimum atomic E-state index is -1.12. The fourth-order valence-electron chi connectivity index (χ4n) is 1.64. The van der Waals surface area contributed by atoms with Gasteiger partial charge in [-0.2, -0.15) is 0 Å². The number of hydrogen-bond donors (Lipinski definition) is 4. The Bertz CT molecular complexity index is 505. The van der Waals surface area contributed by atoms with E-state index in [1.54, 1.807) is 13.8 Å². The molecule has 0 bridgehead atoms. The Kier molecular flexibility index (Phi) is 4.09. The van der Waals surface area contributed by atoms with Crippen LogP contribution in [0.25, 0.3) is 0 Å². The highest BCUT2D eigenvalue weighted by Crippen LogP contribution is 2.17. The first-order valence-corrected chi connectivity index (χ1v) is 5.29. The number of aromatic amines is 1. The Hall–Kier alpha value is -2.31. The quantitative estimate of drug-likeness (QED) is 0.595. The molecule has 1 aromatic heterocycles. The molecule has 0 aromatic carbocycles. The van der Waals surface area contributed by atoms with Gasteiger partial charge in [-0.3, -0.25) is 9.59 Å². The molecule has 2 amide bonds. The van der Waals surface area contributed by atoms with Crippen LogP contribution in [0.15, 0.2) is 0 Å². The van der Waals surface area contributed by atoms with E-state index in [0.717, 1.165) is 0 Å². The molecule has 0 fully saturated rings. The van der Waals surface area contributed by atoms with Crippen molar-refractivity contribution in [1.82, 2.24) is 15.6 Å². The number of nitrogens with one attached hydrogen (secondary N) is 3. The summed E-state index contributed by atoms with van der Waals surface area (Å²) >= 11 is 0. The fraction of sp³-hybridized carbons (Fsp3) is 0.364. The van der Waals surface area contributed by atoms with Crippen molar-refractivity contribution in [3.05, 3.63) is 22.5 Å². The predicted molar refractivity (Wildman–Crippen MR) is 63.6 cm³/mol. The second-order valence-corrected chi connectivity index (χ2v) is 3.79. The van der Waals surface area contributed by atoms with Crippen LogP contribution in [-0.4, -0.2) is 41.5 Å². The molecule has 0 radical (unpaired) electrons. The Morgan fingerprint density at radius 3 is 2.33 bits per heavy atom. The molecule has 98 valence electrons. The van der Waals surface area contributed by atoms with Crippen molar-refractivity contribution in [2.45, 2.75) is 13.8 Å². The fourth-order valence-corrected chi connectivity index (χ4v) is 1.64. The summed E-state index contributed by atoms with van der Waals surface area (Å²) in [5.41, 5.74) is 1.06. The molecule has 7 heteroatoms. The number of aryl methyl sites for hydroxylation is 1. The molecule has 1 rings (SSSR count). The summed E-state index contributed by atoms with van der Waals surface area (Å²) in [5, 5.41) is 13.7. The van der Waals surface area contributed by atoms with Gasteiger partial charge in [0, 0.05) is 12.7 Å². The maximum absolute atomic E-state index is 11.8. The molecule has 0 saturated carbocycles. The topological polar surface area (TPSA) is 111 Å². The maximum atomic E-state index is 11.8. The molecular weight excluding hydrogens is 238 g/mol. The largest absolute Gasteiger partial charge is 0.477 e. The van der Waals surface area contributed by atoms with Crippen LogP contribution in [0.5, 0.6) is 0 Å². The SMILES string of the molecule is CNC(=O)CNC(=O)c1c(C)[nH]c(C(=O)O)c1C. The molecule has 1 aromatic rings. The minimum Gasteiger partial charge on any atom is -0.477 e. The summed E-state index contributed by atoms with van der Waals surface area (Å²) in [6, 6.07) is 0. The number of carbonyl (C=O) groups is 3. The van der Waals surface area contributed by atoms with Crippen molar-refractivity contribution in [3.63, 3.8) is 0 Å². The smallest absolute Gasteiger partial charge is 0.352 e. The van der Waals surface area contributed by atoms with Crippen molar-refractivity contribution in [2.75, 3.05) is 13.6 Å². The zero-order chi connectivity index (χ0) is 13.9. The van der Waals surface area contributed by atoms with Gasteiger partial charge in [-0.05, 0) is 19.4 Å². The number of aromatic nitrogens is 1. The number of H-pyrrole nitrogens is 1. The first-order valence-electron chi connectivity index (χ1n) is 5.29. The average Bonchev–Trinajstić information content (AvgIpc) is 2.61. The molecule has 0 aliphatic rings. The Labute approximate surface area is 104 Å². The molecule has 0 saturated heterocycles. The summed E-state index contributed by atoms with van der Waals surface area (Å²) < 4.78 is 0. The Morgan fingerprint density at radius 2 is 1.89 bits per heavy atom. The van der Waals surface area contributed by atoms with Gasteiger partial charge in [0.25, 0.3) is 5.91 Å². The summed E-state index contributed by atoms with van der Waals surface area (Å²) in [5.74, 6) is -1.93. The van der Waals surface area contributed by atoms with Gasteiger partial charge in [-0.25, -0.2) is 4.79 Å². The van der Waals surface area contributed by atoms with Gasteiger partial charge in [-0.1, -0.05) is 0 Å². The van der Waals surface area contributed by atoms with Gasteiger partial charge in [0.2, 0.25) is 5.91 Å². The number of carboxylic acids is 1. The molecule has 0 aliphatic heterocycles. The molecule has 18 heavy (non-hydrogen) atoms. The van der Waals surface area contributed by atoms with Gasteiger partial charge < -0.3 is 20.7 Å². The molecule has 4 N–H and O–H groups in total. The molecule has 0 aliphatic carbocycles. The normalized spacial score (nSPS) is 9.94. The van der Waals surface area contributed by atoms with Crippen LogP contribution in [0.1, 0.15) is 32.1 Å². The third-order valence-corrected chi connectivity index (χ3v) is 2.57. The van der Waals surface area contributed by atoms with Gasteiger partial charge in [0.05, 0.1) is 12.1 Å². The van der Waals surface area contributed by atoms with E-state index in [2.05, 4.69) is 15.6 Å². The van der Waals surface area contributed by atoms with Crippen LogP contribution >= 0.6 is 0 Å². The van der Waals surface area contributed by atoms with Gasteiger partial charge in [-0.15, -0.1) is 0 Å². The van der Waals surface area contributed by atoms with E-state index in [4.69, 9.17) is 5.11 Å². The number of rotatable bonds is 4. The van der Waals surface area contributed by atoms with Crippen LogP contribution in [0.4, 0.5) is 0 Å². The van der Waals surface area contributed by atoms with Crippen molar-refractivity contribution in [2.24, 2.45) is 0 Å². The van der Waals surface area contributed by atoms with Crippen LogP contribution in [0, 0.1) is 13.8 Å². The first-order chi connectivity index (χ1) is 8.38. The summed E-state index contributed by atoms with van der Waals surface area (Å²) in [6.45, 7) is 3.00. The van der Waals surface area contributed by atoms with Crippen LogP contribution in [0.3, 0.4) is 0 Å². The number of aromatic carboxylic acids is 1. The third kappa shape index (κ3) is 2.68. The second-order valence-electron chi connectivity index (χ2n) is 3.79. The lowest BCUT2D eigenvalue weighted by Crippen LogP contribution is -2.35. The number of likely N-dealkylation sites (N-methyl/N-ethyl adjacent to an activating group) is 1. The van der Waals surface area contributed by atoms with E-state index in [1.807, 2.05) is 0 Å². The maximum Gasteiger partial charge on any atom is 0.352 e. The highest BCUT2D eigenvalue weighted by atomic mass is 16.4.